The van der Waals surface area contributed by atoms with Gasteiger partial charge in [-0.05, 0) is 38.1 Å². The molecule has 0 aromatic rings. The molecule has 7 nitrogen and oxygen atoms in total. The molecule has 0 aliphatic carbocycles. The van der Waals surface area contributed by atoms with Crippen LogP contribution in [-0.2, 0) is 14.4 Å². The summed E-state index contributed by atoms with van der Waals surface area (Å²) in [6, 6.07) is -1.40. The van der Waals surface area contributed by atoms with E-state index in [2.05, 4.69) is 10.6 Å². The van der Waals surface area contributed by atoms with Crippen LogP contribution in [-0.4, -0.2) is 46.7 Å². The van der Waals surface area contributed by atoms with Crippen LogP contribution in [0.2, 0.25) is 0 Å². The third kappa shape index (κ3) is 5.16. The molecule has 1 heterocycles. The molecule has 0 aromatic heterocycles. The minimum absolute atomic E-state index is 0.0995. The Kier molecular flexibility index (Phi) is 6.44. The number of carbonyl (C=O) groups is 3. The highest BCUT2D eigenvalue weighted by Crippen LogP contribution is 2.16. The lowest BCUT2D eigenvalue weighted by molar-refractivity contribution is -0.143. The summed E-state index contributed by atoms with van der Waals surface area (Å²) < 4.78 is 0. The molecule has 3 atom stereocenters. The Morgan fingerprint density at radius 2 is 2.05 bits per heavy atom. The molecule has 0 spiro atoms. The third-order valence-electron chi connectivity index (χ3n) is 3.55. The number of nitrogens with one attached hydrogen (secondary N) is 2. The van der Waals surface area contributed by atoms with Crippen molar-refractivity contribution in [2.75, 3.05) is 6.54 Å². The van der Waals surface area contributed by atoms with Crippen LogP contribution < -0.4 is 10.6 Å². The molecule has 1 rings (SSSR count). The Morgan fingerprint density at radius 1 is 1.35 bits per heavy atom. The van der Waals surface area contributed by atoms with Crippen molar-refractivity contribution in [1.29, 1.82) is 0 Å². The average molecular weight is 286 g/mol. The van der Waals surface area contributed by atoms with Gasteiger partial charge < -0.3 is 20.8 Å². The van der Waals surface area contributed by atoms with E-state index in [1.54, 1.807) is 0 Å². The fraction of sp³-hybridized carbons (Fsp3) is 0.769. The summed E-state index contributed by atoms with van der Waals surface area (Å²) in [5, 5.41) is 23.2. The summed E-state index contributed by atoms with van der Waals surface area (Å²) in [5.74, 6) is -2.26. The van der Waals surface area contributed by atoms with Crippen LogP contribution in [0.5, 0.6) is 0 Å². The second kappa shape index (κ2) is 7.84. The number of hydrogen-bond donors (Lipinski definition) is 4. The van der Waals surface area contributed by atoms with Gasteiger partial charge in [-0.1, -0.05) is 6.92 Å². The Morgan fingerprint density at radius 3 is 2.60 bits per heavy atom. The molecule has 0 bridgehead atoms. The van der Waals surface area contributed by atoms with Crippen molar-refractivity contribution < 1.29 is 24.6 Å². The van der Waals surface area contributed by atoms with E-state index in [1.165, 1.54) is 0 Å². The Bertz CT molecular complexity index is 372. The zero-order valence-electron chi connectivity index (χ0n) is 11.6. The average Bonchev–Trinajstić information content (AvgIpc) is 2.37. The highest BCUT2D eigenvalue weighted by atomic mass is 16.4. The lowest BCUT2D eigenvalue weighted by atomic mass is 9.92. The molecule has 0 aromatic carbocycles. The van der Waals surface area contributed by atoms with E-state index >= 15 is 0 Å². The summed E-state index contributed by atoms with van der Waals surface area (Å²) in [4.78, 5) is 33.6. The minimum Gasteiger partial charge on any atom is -0.481 e. The van der Waals surface area contributed by atoms with Crippen molar-refractivity contribution in [1.82, 2.24) is 10.6 Å². The lowest BCUT2D eigenvalue weighted by Gasteiger charge is -2.30. The second-order valence-electron chi connectivity index (χ2n) is 5.24. The van der Waals surface area contributed by atoms with Gasteiger partial charge in [-0.25, -0.2) is 4.79 Å². The van der Waals surface area contributed by atoms with Crippen molar-refractivity contribution in [2.24, 2.45) is 5.92 Å². The summed E-state index contributed by atoms with van der Waals surface area (Å²) in [6.45, 7) is 2.70. The number of carboxylic acid groups (broad SMARTS) is 2. The van der Waals surface area contributed by atoms with Gasteiger partial charge in [-0.2, -0.15) is 0 Å². The molecule has 20 heavy (non-hydrogen) atoms. The van der Waals surface area contributed by atoms with Gasteiger partial charge in [0.15, 0.2) is 0 Å². The molecular formula is C13H22N2O5. The zero-order valence-corrected chi connectivity index (χ0v) is 11.6. The van der Waals surface area contributed by atoms with Crippen LogP contribution in [0, 0.1) is 5.92 Å². The maximum atomic E-state index is 12.1. The Hall–Kier alpha value is -1.63. The summed E-state index contributed by atoms with van der Waals surface area (Å²) in [5.41, 5.74) is 0. The fourth-order valence-electron chi connectivity index (χ4n) is 2.38. The number of amides is 1. The number of carbonyl (C=O) groups excluding carboxylic acids is 1. The molecular weight excluding hydrogens is 264 g/mol. The summed E-state index contributed by atoms with van der Waals surface area (Å²) in [7, 11) is 0. The van der Waals surface area contributed by atoms with Gasteiger partial charge in [-0.15, -0.1) is 0 Å². The molecule has 1 aliphatic heterocycles. The first-order chi connectivity index (χ1) is 9.41. The highest BCUT2D eigenvalue weighted by molar-refractivity contribution is 5.87. The first kappa shape index (κ1) is 16.4. The maximum Gasteiger partial charge on any atom is 0.326 e. The molecule has 0 saturated carbocycles. The van der Waals surface area contributed by atoms with E-state index in [1.807, 2.05) is 6.92 Å². The monoisotopic (exact) mass is 286 g/mol. The van der Waals surface area contributed by atoms with Crippen molar-refractivity contribution in [3.63, 3.8) is 0 Å². The number of piperidine rings is 1. The van der Waals surface area contributed by atoms with Crippen molar-refractivity contribution >= 4 is 17.8 Å². The smallest absolute Gasteiger partial charge is 0.326 e. The quantitative estimate of drug-likeness (QED) is 0.531. The number of hydrogen-bond acceptors (Lipinski definition) is 4. The normalized spacial score (nSPS) is 23.9. The van der Waals surface area contributed by atoms with Crippen molar-refractivity contribution in [3.8, 4) is 0 Å². The predicted molar refractivity (Wildman–Crippen MR) is 71.2 cm³/mol. The van der Waals surface area contributed by atoms with Gasteiger partial charge >= 0.3 is 11.9 Å². The third-order valence-corrected chi connectivity index (χ3v) is 3.55. The van der Waals surface area contributed by atoms with Crippen LogP contribution in [0.4, 0.5) is 0 Å². The van der Waals surface area contributed by atoms with Gasteiger partial charge in [0.1, 0.15) is 6.04 Å². The molecule has 114 valence electrons. The Balaban J connectivity index is 2.49. The zero-order chi connectivity index (χ0) is 15.1. The predicted octanol–water partition coefficient (Wildman–Crippen LogP) is 0.199. The number of rotatable bonds is 7. The summed E-state index contributed by atoms with van der Waals surface area (Å²) in [6.07, 6.45) is 2.18. The van der Waals surface area contributed by atoms with E-state index in [-0.39, 0.29) is 37.1 Å². The van der Waals surface area contributed by atoms with E-state index in [4.69, 9.17) is 10.2 Å². The molecule has 0 radical (unpaired) electrons. The summed E-state index contributed by atoms with van der Waals surface area (Å²) >= 11 is 0. The second-order valence-corrected chi connectivity index (χ2v) is 5.24. The van der Waals surface area contributed by atoms with E-state index in [0.29, 0.717) is 0 Å². The largest absolute Gasteiger partial charge is 0.481 e. The molecule has 2 unspecified atom stereocenters. The van der Waals surface area contributed by atoms with Gasteiger partial charge in [0.05, 0.1) is 6.04 Å². The molecule has 1 fully saturated rings. The first-order valence-electron chi connectivity index (χ1n) is 6.90. The molecule has 7 heteroatoms. The fourth-order valence-corrected chi connectivity index (χ4v) is 2.38. The van der Waals surface area contributed by atoms with Gasteiger partial charge in [0.25, 0.3) is 0 Å². The van der Waals surface area contributed by atoms with Gasteiger partial charge in [0, 0.05) is 6.42 Å². The topological polar surface area (TPSA) is 116 Å². The lowest BCUT2D eigenvalue weighted by Crippen LogP contribution is -2.54. The molecule has 1 saturated heterocycles. The Labute approximate surface area is 117 Å². The van der Waals surface area contributed by atoms with Crippen LogP contribution in [0.15, 0.2) is 0 Å². The highest BCUT2D eigenvalue weighted by Gasteiger charge is 2.30. The van der Waals surface area contributed by atoms with E-state index < -0.39 is 18.0 Å². The molecule has 1 amide bonds. The van der Waals surface area contributed by atoms with Crippen LogP contribution in [0.1, 0.15) is 39.0 Å². The van der Waals surface area contributed by atoms with Gasteiger partial charge in [0.2, 0.25) is 5.91 Å². The van der Waals surface area contributed by atoms with Crippen LogP contribution >= 0.6 is 0 Å². The first-order valence-corrected chi connectivity index (χ1v) is 6.90. The maximum absolute atomic E-state index is 12.1. The van der Waals surface area contributed by atoms with Crippen molar-refractivity contribution in [2.45, 2.75) is 51.1 Å². The van der Waals surface area contributed by atoms with Gasteiger partial charge in [-0.3, -0.25) is 9.59 Å². The number of carboxylic acids is 2. The SMILES string of the molecule is CC1CCCNC1C(=O)N[C@H](CCCC(=O)O)C(=O)O. The van der Waals surface area contributed by atoms with E-state index in [0.717, 1.165) is 19.4 Å². The number of aliphatic carboxylic acids is 2. The van der Waals surface area contributed by atoms with Crippen molar-refractivity contribution in [3.05, 3.63) is 0 Å². The van der Waals surface area contributed by atoms with Crippen LogP contribution in [0.3, 0.4) is 0 Å². The minimum atomic E-state index is -1.13. The van der Waals surface area contributed by atoms with Crippen LogP contribution in [0.25, 0.3) is 0 Å². The molecule has 4 N–H and O–H groups in total. The van der Waals surface area contributed by atoms with E-state index in [9.17, 15) is 14.4 Å². The molecule has 1 aliphatic rings. The standard InChI is InChI=1S/C13H22N2O5/c1-8-4-3-7-14-11(8)12(18)15-9(13(19)20)5-2-6-10(16)17/h8-9,11,14H,2-7H2,1H3,(H,15,18)(H,16,17)(H,19,20)/t8?,9-,11?/m1/s1.